The van der Waals surface area contributed by atoms with Gasteiger partial charge in [-0.1, -0.05) is 32.9 Å². The lowest BCUT2D eigenvalue weighted by molar-refractivity contribution is -0.142. The minimum atomic E-state index is -3.44. The van der Waals surface area contributed by atoms with E-state index in [2.05, 4.69) is 20.8 Å². The number of benzene rings is 1. The van der Waals surface area contributed by atoms with Crippen molar-refractivity contribution in [2.75, 3.05) is 12.4 Å². The van der Waals surface area contributed by atoms with E-state index >= 15 is 0 Å². The van der Waals surface area contributed by atoms with Crippen molar-refractivity contribution >= 4 is 15.8 Å². The Kier molecular flexibility index (Phi) is 5.34. The van der Waals surface area contributed by atoms with Crippen LogP contribution in [0.1, 0.15) is 39.7 Å². The van der Waals surface area contributed by atoms with Gasteiger partial charge in [0.2, 0.25) is 0 Å². The Morgan fingerprint density at radius 1 is 1.15 bits per heavy atom. The molecule has 1 aromatic rings. The zero-order valence-corrected chi connectivity index (χ0v) is 13.3. The molecule has 0 radical (unpaired) electrons. The fourth-order valence-electron chi connectivity index (χ4n) is 1.73. The SMILES string of the molecule is CCOC(=O)CCS(=O)(=O)c1ccc(C(C)(C)C)cc1. The predicted molar refractivity (Wildman–Crippen MR) is 78.4 cm³/mol. The van der Waals surface area contributed by atoms with Crippen molar-refractivity contribution in [1.82, 2.24) is 0 Å². The van der Waals surface area contributed by atoms with E-state index in [1.54, 1.807) is 19.1 Å². The topological polar surface area (TPSA) is 60.4 Å². The van der Waals surface area contributed by atoms with Gasteiger partial charge in [-0.2, -0.15) is 0 Å². The Bertz CT molecular complexity index is 551. The molecule has 1 aromatic carbocycles. The molecular weight excluding hydrogens is 276 g/mol. The molecule has 0 N–H and O–H groups in total. The average Bonchev–Trinajstić information content (AvgIpc) is 2.36. The van der Waals surface area contributed by atoms with Crippen LogP contribution >= 0.6 is 0 Å². The molecule has 0 heterocycles. The van der Waals surface area contributed by atoms with Crippen LogP contribution in [0.3, 0.4) is 0 Å². The van der Waals surface area contributed by atoms with Crippen LogP contribution in [-0.2, 0) is 24.8 Å². The summed E-state index contributed by atoms with van der Waals surface area (Å²) in [7, 11) is -3.44. The molecule has 0 amide bonds. The highest BCUT2D eigenvalue weighted by Gasteiger charge is 2.19. The minimum absolute atomic E-state index is 0.0206. The van der Waals surface area contributed by atoms with E-state index < -0.39 is 15.8 Å². The quantitative estimate of drug-likeness (QED) is 0.784. The monoisotopic (exact) mass is 298 g/mol. The Hall–Kier alpha value is -1.36. The van der Waals surface area contributed by atoms with Crippen molar-refractivity contribution in [2.24, 2.45) is 0 Å². The van der Waals surface area contributed by atoms with Gasteiger partial charge in [0.05, 0.1) is 23.7 Å². The van der Waals surface area contributed by atoms with Crippen LogP contribution < -0.4 is 0 Å². The fraction of sp³-hybridized carbons (Fsp3) is 0.533. The van der Waals surface area contributed by atoms with Crippen molar-refractivity contribution in [3.05, 3.63) is 29.8 Å². The maximum Gasteiger partial charge on any atom is 0.306 e. The first kappa shape index (κ1) is 16.7. The molecule has 0 unspecified atom stereocenters. The highest BCUT2D eigenvalue weighted by Crippen LogP contribution is 2.23. The number of ether oxygens (including phenoxy) is 1. The molecule has 0 saturated carbocycles. The van der Waals surface area contributed by atoms with Gasteiger partial charge < -0.3 is 4.74 Å². The standard InChI is InChI=1S/C15H22O4S/c1-5-19-14(16)10-11-20(17,18)13-8-6-12(7-9-13)15(2,3)4/h6-9H,5,10-11H2,1-4H3. The molecule has 0 bridgehead atoms. The summed E-state index contributed by atoms with van der Waals surface area (Å²) in [6.07, 6.45) is -0.114. The Morgan fingerprint density at radius 2 is 1.70 bits per heavy atom. The minimum Gasteiger partial charge on any atom is -0.466 e. The molecule has 0 aromatic heterocycles. The zero-order valence-electron chi connectivity index (χ0n) is 12.5. The molecule has 0 aliphatic heterocycles. The van der Waals surface area contributed by atoms with E-state index in [-0.39, 0.29) is 29.1 Å². The summed E-state index contributed by atoms with van der Waals surface area (Å²) in [6, 6.07) is 6.83. The van der Waals surface area contributed by atoms with Crippen molar-refractivity contribution in [2.45, 2.75) is 44.4 Å². The van der Waals surface area contributed by atoms with Crippen LogP contribution in [0.4, 0.5) is 0 Å². The molecule has 5 heteroatoms. The van der Waals surface area contributed by atoms with Crippen LogP contribution in [0.25, 0.3) is 0 Å². The van der Waals surface area contributed by atoms with Gasteiger partial charge in [-0.3, -0.25) is 4.79 Å². The Morgan fingerprint density at radius 3 is 2.15 bits per heavy atom. The number of hydrogen-bond donors (Lipinski definition) is 0. The first-order valence-corrected chi connectivity index (χ1v) is 8.31. The van der Waals surface area contributed by atoms with E-state index in [1.807, 2.05) is 12.1 Å². The highest BCUT2D eigenvalue weighted by atomic mass is 32.2. The van der Waals surface area contributed by atoms with Gasteiger partial charge in [0.25, 0.3) is 0 Å². The third-order valence-electron chi connectivity index (χ3n) is 2.96. The molecule has 0 aliphatic carbocycles. The normalized spacial score (nSPS) is 12.2. The second kappa shape index (κ2) is 6.39. The number of hydrogen-bond acceptors (Lipinski definition) is 4. The van der Waals surface area contributed by atoms with E-state index in [1.165, 1.54) is 0 Å². The molecule has 20 heavy (non-hydrogen) atoms. The highest BCUT2D eigenvalue weighted by molar-refractivity contribution is 7.91. The molecular formula is C15H22O4S. The van der Waals surface area contributed by atoms with Crippen LogP contribution in [-0.4, -0.2) is 26.7 Å². The molecule has 1 rings (SSSR count). The first-order chi connectivity index (χ1) is 9.16. The summed E-state index contributed by atoms with van der Waals surface area (Å²) in [5.74, 6) is -0.705. The Labute approximate surface area is 121 Å². The van der Waals surface area contributed by atoms with Gasteiger partial charge in [0.15, 0.2) is 9.84 Å². The number of esters is 1. The summed E-state index contributed by atoms with van der Waals surface area (Å²) in [5, 5.41) is 0. The second-order valence-corrected chi connectivity index (χ2v) is 7.76. The maximum atomic E-state index is 12.1. The van der Waals surface area contributed by atoms with Gasteiger partial charge in [-0.15, -0.1) is 0 Å². The lowest BCUT2D eigenvalue weighted by Crippen LogP contribution is -2.14. The summed E-state index contributed by atoms with van der Waals surface area (Å²) in [6.45, 7) is 8.16. The fourth-order valence-corrected chi connectivity index (χ4v) is 2.95. The summed E-state index contributed by atoms with van der Waals surface area (Å²) >= 11 is 0. The average molecular weight is 298 g/mol. The zero-order chi connectivity index (χ0) is 15.4. The van der Waals surface area contributed by atoms with Gasteiger partial charge in [-0.25, -0.2) is 8.42 Å². The second-order valence-electron chi connectivity index (χ2n) is 5.65. The van der Waals surface area contributed by atoms with E-state index in [0.717, 1.165) is 5.56 Å². The van der Waals surface area contributed by atoms with Gasteiger partial charge in [-0.05, 0) is 30.0 Å². The largest absolute Gasteiger partial charge is 0.466 e. The Balaban J connectivity index is 2.81. The number of sulfone groups is 1. The number of carbonyl (C=O) groups excluding carboxylic acids is 1. The van der Waals surface area contributed by atoms with E-state index in [9.17, 15) is 13.2 Å². The molecule has 0 saturated heterocycles. The lowest BCUT2D eigenvalue weighted by atomic mass is 9.87. The molecule has 0 spiro atoms. The maximum absolute atomic E-state index is 12.1. The molecule has 0 aliphatic rings. The van der Waals surface area contributed by atoms with Gasteiger partial charge >= 0.3 is 5.97 Å². The molecule has 0 fully saturated rings. The lowest BCUT2D eigenvalue weighted by Gasteiger charge is -2.19. The third kappa shape index (κ3) is 4.63. The first-order valence-electron chi connectivity index (χ1n) is 6.66. The summed E-state index contributed by atoms with van der Waals surface area (Å²) in [5.41, 5.74) is 1.05. The molecule has 0 atom stereocenters. The van der Waals surface area contributed by atoms with Crippen molar-refractivity contribution in [3.63, 3.8) is 0 Å². The van der Waals surface area contributed by atoms with Crippen LogP contribution in [0.2, 0.25) is 0 Å². The van der Waals surface area contributed by atoms with E-state index in [0.29, 0.717) is 0 Å². The van der Waals surface area contributed by atoms with Gasteiger partial charge in [0, 0.05) is 0 Å². The van der Waals surface area contributed by atoms with Crippen molar-refractivity contribution in [1.29, 1.82) is 0 Å². The van der Waals surface area contributed by atoms with Crippen LogP contribution in [0.5, 0.6) is 0 Å². The van der Waals surface area contributed by atoms with Crippen LogP contribution in [0, 0.1) is 0 Å². The smallest absolute Gasteiger partial charge is 0.306 e. The predicted octanol–water partition coefficient (Wildman–Crippen LogP) is 2.71. The number of rotatable bonds is 5. The molecule has 4 nitrogen and oxygen atoms in total. The molecule has 112 valence electrons. The summed E-state index contributed by atoms with van der Waals surface area (Å²) in [4.78, 5) is 11.5. The van der Waals surface area contributed by atoms with E-state index in [4.69, 9.17) is 4.74 Å². The third-order valence-corrected chi connectivity index (χ3v) is 4.69. The van der Waals surface area contributed by atoms with Gasteiger partial charge in [0.1, 0.15) is 0 Å². The summed E-state index contributed by atoms with van der Waals surface area (Å²) < 4.78 is 28.9. The van der Waals surface area contributed by atoms with Crippen molar-refractivity contribution in [3.8, 4) is 0 Å². The van der Waals surface area contributed by atoms with Crippen LogP contribution in [0.15, 0.2) is 29.2 Å². The van der Waals surface area contributed by atoms with Crippen molar-refractivity contribution < 1.29 is 17.9 Å². The number of carbonyl (C=O) groups is 1.